The quantitative estimate of drug-likeness (QED) is 0.880. The lowest BCUT2D eigenvalue weighted by molar-refractivity contribution is -0.144. The maximum atomic E-state index is 13.4. The maximum absolute atomic E-state index is 13.4. The number of nitrogens with one attached hydrogen (secondary N) is 1. The highest BCUT2D eigenvalue weighted by atomic mass is 19.1. The van der Waals surface area contributed by atoms with Crippen molar-refractivity contribution in [3.8, 4) is 0 Å². The molecule has 2 atom stereocenters. The number of hydrogen-bond donors (Lipinski definition) is 2. The molecule has 2 aromatic rings. The highest BCUT2D eigenvalue weighted by Gasteiger charge is 2.36. The lowest BCUT2D eigenvalue weighted by Crippen LogP contribution is -2.49. The molecule has 1 aromatic carbocycles. The van der Waals surface area contributed by atoms with Crippen molar-refractivity contribution >= 4 is 22.8 Å². The topological polar surface area (TPSA) is 90.5 Å². The first-order valence-corrected chi connectivity index (χ1v) is 7.75. The van der Waals surface area contributed by atoms with Crippen LogP contribution in [0.1, 0.15) is 30.1 Å². The van der Waals surface area contributed by atoms with Gasteiger partial charge in [-0.1, -0.05) is 0 Å². The number of halogens is 1. The molecule has 0 aliphatic carbocycles. The molecular formula is C17H17FN2O4. The van der Waals surface area contributed by atoms with Crippen LogP contribution >= 0.6 is 0 Å². The Hall–Kier alpha value is -2.70. The molecule has 1 fully saturated rings. The molecule has 0 spiro atoms. The molecule has 0 bridgehead atoms. The van der Waals surface area contributed by atoms with Gasteiger partial charge in [0.1, 0.15) is 5.82 Å². The number of H-pyrrole nitrogens is 1. The number of fused-ring (bicyclic) bond motifs is 1. The van der Waals surface area contributed by atoms with Crippen LogP contribution in [0.5, 0.6) is 0 Å². The van der Waals surface area contributed by atoms with E-state index in [1.54, 1.807) is 6.92 Å². The van der Waals surface area contributed by atoms with Gasteiger partial charge in [0, 0.05) is 24.0 Å². The largest absolute Gasteiger partial charge is 0.481 e. The summed E-state index contributed by atoms with van der Waals surface area (Å²) in [7, 11) is 0. The number of aliphatic carboxylic acids is 1. The van der Waals surface area contributed by atoms with Crippen LogP contribution in [0, 0.1) is 11.7 Å². The summed E-state index contributed by atoms with van der Waals surface area (Å²) >= 11 is 0. The Morgan fingerprint density at radius 2 is 2.08 bits per heavy atom. The van der Waals surface area contributed by atoms with E-state index in [9.17, 15) is 23.9 Å². The summed E-state index contributed by atoms with van der Waals surface area (Å²) < 4.78 is 13.4. The molecule has 1 aliphatic rings. The molecule has 2 heterocycles. The Bertz CT molecular complexity index is 877. The van der Waals surface area contributed by atoms with Crippen molar-refractivity contribution in [1.29, 1.82) is 0 Å². The van der Waals surface area contributed by atoms with E-state index in [1.165, 1.54) is 23.1 Å². The minimum atomic E-state index is -0.933. The predicted octanol–water partition coefficient (Wildman–Crippen LogP) is 1.99. The van der Waals surface area contributed by atoms with Crippen molar-refractivity contribution in [2.75, 3.05) is 6.54 Å². The first kappa shape index (κ1) is 16.2. The van der Waals surface area contributed by atoms with Crippen molar-refractivity contribution in [3.63, 3.8) is 0 Å². The molecule has 1 amide bonds. The molecule has 6 nitrogen and oxygen atoms in total. The van der Waals surface area contributed by atoms with E-state index in [-0.39, 0.29) is 11.1 Å². The number of nitrogens with zero attached hydrogens (tertiary/aromatic N) is 1. The van der Waals surface area contributed by atoms with Crippen LogP contribution < -0.4 is 5.56 Å². The number of amides is 1. The highest BCUT2D eigenvalue weighted by molar-refractivity contribution is 6.06. The molecular weight excluding hydrogens is 315 g/mol. The van der Waals surface area contributed by atoms with Gasteiger partial charge in [-0.3, -0.25) is 14.4 Å². The number of carbonyl (C=O) groups is 2. The van der Waals surface area contributed by atoms with Gasteiger partial charge in [0.15, 0.2) is 0 Å². The number of likely N-dealkylation sites (tertiary alicyclic amines) is 1. The summed E-state index contributed by atoms with van der Waals surface area (Å²) in [5, 5.41) is 9.73. The average molecular weight is 332 g/mol. The van der Waals surface area contributed by atoms with Crippen molar-refractivity contribution in [3.05, 3.63) is 46.0 Å². The van der Waals surface area contributed by atoms with Crippen LogP contribution in [0.15, 0.2) is 29.1 Å². The third-order valence-corrected chi connectivity index (χ3v) is 4.60. The third kappa shape index (κ3) is 2.77. The summed E-state index contributed by atoms with van der Waals surface area (Å²) in [6.45, 7) is 2.13. The smallest absolute Gasteiger partial charge is 0.308 e. The number of benzene rings is 1. The fourth-order valence-corrected chi connectivity index (χ4v) is 3.32. The van der Waals surface area contributed by atoms with Crippen LogP contribution in [0.2, 0.25) is 0 Å². The summed E-state index contributed by atoms with van der Waals surface area (Å²) in [4.78, 5) is 40.1. The van der Waals surface area contributed by atoms with E-state index in [1.807, 2.05) is 0 Å². The molecule has 0 radical (unpaired) electrons. The number of carbonyl (C=O) groups excluding carboxylic acids is 1. The molecule has 1 aliphatic heterocycles. The van der Waals surface area contributed by atoms with E-state index in [0.717, 1.165) is 6.07 Å². The fraction of sp³-hybridized carbons (Fsp3) is 0.353. The molecule has 24 heavy (non-hydrogen) atoms. The van der Waals surface area contributed by atoms with E-state index in [2.05, 4.69) is 4.98 Å². The van der Waals surface area contributed by atoms with E-state index in [4.69, 9.17) is 0 Å². The van der Waals surface area contributed by atoms with Gasteiger partial charge in [0.2, 0.25) is 5.56 Å². The summed E-state index contributed by atoms with van der Waals surface area (Å²) in [5.74, 6) is -2.48. The third-order valence-electron chi connectivity index (χ3n) is 4.60. The lowest BCUT2D eigenvalue weighted by Gasteiger charge is -2.37. The van der Waals surface area contributed by atoms with Gasteiger partial charge < -0.3 is 15.0 Å². The standard InChI is InChI=1S/C17H17FN2O4/c1-9-11(17(23)24)3-2-6-20(9)16(22)13-8-15(21)19-14-7-10(18)4-5-12(13)14/h4-5,7-9,11H,2-3,6H2,1H3,(H,19,21)(H,23,24)/t9-,11-/m1/s1. The summed E-state index contributed by atoms with van der Waals surface area (Å²) in [6.07, 6.45) is 1.10. The maximum Gasteiger partial charge on any atom is 0.308 e. The van der Waals surface area contributed by atoms with E-state index in [0.29, 0.717) is 24.8 Å². The summed E-state index contributed by atoms with van der Waals surface area (Å²) in [5.41, 5.74) is -0.104. The first-order chi connectivity index (χ1) is 11.4. The SMILES string of the molecule is C[C@@H]1[C@H](C(=O)O)CCCN1C(=O)c1cc(=O)[nH]c2cc(F)ccc12. The number of aromatic amines is 1. The number of rotatable bonds is 2. The fourth-order valence-electron chi connectivity index (χ4n) is 3.32. The van der Waals surface area contributed by atoms with Crippen LogP contribution in [0.3, 0.4) is 0 Å². The van der Waals surface area contributed by atoms with Crippen molar-refractivity contribution in [1.82, 2.24) is 9.88 Å². The number of hydrogen-bond acceptors (Lipinski definition) is 3. The summed E-state index contributed by atoms with van der Waals surface area (Å²) in [6, 6.07) is 4.53. The Morgan fingerprint density at radius 3 is 2.79 bits per heavy atom. The second kappa shape index (κ2) is 6.07. The molecule has 1 saturated heterocycles. The van der Waals surface area contributed by atoms with Crippen LogP contribution in [0.4, 0.5) is 4.39 Å². The minimum Gasteiger partial charge on any atom is -0.481 e. The minimum absolute atomic E-state index is 0.159. The van der Waals surface area contributed by atoms with Crippen molar-refractivity contribution in [2.45, 2.75) is 25.8 Å². The zero-order chi connectivity index (χ0) is 17.4. The van der Waals surface area contributed by atoms with Crippen molar-refractivity contribution < 1.29 is 19.1 Å². The average Bonchev–Trinajstić information content (AvgIpc) is 2.53. The van der Waals surface area contributed by atoms with Gasteiger partial charge in [-0.2, -0.15) is 0 Å². The molecule has 3 rings (SSSR count). The zero-order valence-corrected chi connectivity index (χ0v) is 13.1. The number of pyridine rings is 1. The van der Waals surface area contributed by atoms with E-state index < -0.39 is 35.2 Å². The highest BCUT2D eigenvalue weighted by Crippen LogP contribution is 2.27. The monoisotopic (exact) mass is 332 g/mol. The molecule has 1 aromatic heterocycles. The Labute approximate surface area is 136 Å². The Balaban J connectivity index is 2.05. The second-order valence-electron chi connectivity index (χ2n) is 6.06. The Morgan fingerprint density at radius 1 is 1.33 bits per heavy atom. The molecule has 0 saturated carbocycles. The van der Waals surface area contributed by atoms with E-state index >= 15 is 0 Å². The number of aromatic nitrogens is 1. The molecule has 126 valence electrons. The van der Waals surface area contributed by atoms with Gasteiger partial charge in [-0.25, -0.2) is 4.39 Å². The van der Waals surface area contributed by atoms with Crippen LogP contribution in [-0.2, 0) is 4.79 Å². The number of carboxylic acids is 1. The Kier molecular flexibility index (Phi) is 4.09. The molecule has 7 heteroatoms. The zero-order valence-electron chi connectivity index (χ0n) is 13.1. The second-order valence-corrected chi connectivity index (χ2v) is 6.06. The first-order valence-electron chi connectivity index (χ1n) is 7.75. The van der Waals surface area contributed by atoms with Gasteiger partial charge in [-0.15, -0.1) is 0 Å². The number of carboxylic acid groups (broad SMARTS) is 1. The van der Waals surface area contributed by atoms with Crippen LogP contribution in [0.25, 0.3) is 10.9 Å². The molecule has 2 N–H and O–H groups in total. The number of piperidine rings is 1. The van der Waals surface area contributed by atoms with Crippen molar-refractivity contribution in [2.24, 2.45) is 5.92 Å². The normalized spacial score (nSPS) is 21.0. The van der Waals surface area contributed by atoms with Crippen LogP contribution in [-0.4, -0.2) is 39.5 Å². The predicted molar refractivity (Wildman–Crippen MR) is 85.4 cm³/mol. The van der Waals surface area contributed by atoms with Gasteiger partial charge in [-0.05, 0) is 38.0 Å². The van der Waals surface area contributed by atoms with Gasteiger partial charge in [0.25, 0.3) is 5.91 Å². The molecule has 0 unspecified atom stereocenters. The van der Waals surface area contributed by atoms with Gasteiger partial charge in [0.05, 0.1) is 17.0 Å². The van der Waals surface area contributed by atoms with Gasteiger partial charge >= 0.3 is 5.97 Å². The lowest BCUT2D eigenvalue weighted by atomic mass is 9.89.